The zero-order valence-corrected chi connectivity index (χ0v) is 18.7. The Labute approximate surface area is 167 Å². The van der Waals surface area contributed by atoms with E-state index in [0.29, 0.717) is 12.0 Å². The predicted molar refractivity (Wildman–Crippen MR) is 121 cm³/mol. The summed E-state index contributed by atoms with van der Waals surface area (Å²) in [6.45, 7) is 13.5. The smallest absolute Gasteiger partial charge is 0.129 e. The standard InChI is InChI=1S/C25H35NSi/c1-6-24(7-2)25(18-19-27(3,4)5)26(20-22-14-10-8-11-15-22)21-23-16-12-9-13-17-23/h8-17,24-25H,6-7,20-21H2,1-5H3/t25-/m1/s1. The van der Waals surface area contributed by atoms with Gasteiger partial charge in [-0.25, -0.2) is 0 Å². The summed E-state index contributed by atoms with van der Waals surface area (Å²) in [6, 6.07) is 21.9. The highest BCUT2D eigenvalue weighted by Gasteiger charge is 2.25. The Kier molecular flexibility index (Phi) is 8.35. The Bertz CT molecular complexity index is 676. The molecule has 2 heteroatoms. The van der Waals surface area contributed by atoms with Crippen LogP contribution in [0.4, 0.5) is 0 Å². The minimum atomic E-state index is -1.41. The van der Waals surface area contributed by atoms with E-state index in [4.69, 9.17) is 0 Å². The predicted octanol–water partition coefficient (Wildman–Crippen LogP) is 6.37. The first-order chi connectivity index (χ1) is 12.9. The van der Waals surface area contributed by atoms with Crippen LogP contribution in [0, 0.1) is 17.4 Å². The second kappa shape index (κ2) is 10.5. The topological polar surface area (TPSA) is 3.24 Å². The lowest BCUT2D eigenvalue weighted by Crippen LogP contribution is -2.39. The summed E-state index contributed by atoms with van der Waals surface area (Å²) in [7, 11) is -1.41. The van der Waals surface area contributed by atoms with Crippen LogP contribution in [0.15, 0.2) is 60.7 Å². The maximum Gasteiger partial charge on any atom is 0.129 e. The van der Waals surface area contributed by atoms with Crippen LogP contribution in [-0.2, 0) is 13.1 Å². The molecule has 144 valence electrons. The Morgan fingerprint density at radius 1 is 0.778 bits per heavy atom. The van der Waals surface area contributed by atoms with Gasteiger partial charge in [0.1, 0.15) is 8.07 Å². The molecule has 0 unspecified atom stereocenters. The van der Waals surface area contributed by atoms with Crippen molar-refractivity contribution >= 4 is 8.07 Å². The quantitative estimate of drug-likeness (QED) is 0.381. The normalized spacial score (nSPS) is 12.7. The van der Waals surface area contributed by atoms with E-state index in [1.165, 1.54) is 24.0 Å². The third-order valence-corrected chi connectivity index (χ3v) is 5.84. The van der Waals surface area contributed by atoms with Crippen molar-refractivity contribution in [2.45, 2.75) is 65.5 Å². The lowest BCUT2D eigenvalue weighted by Gasteiger charge is -2.34. The van der Waals surface area contributed by atoms with Gasteiger partial charge in [0.15, 0.2) is 0 Å². The van der Waals surface area contributed by atoms with Gasteiger partial charge < -0.3 is 0 Å². The summed E-state index contributed by atoms with van der Waals surface area (Å²) >= 11 is 0. The number of hydrogen-bond donors (Lipinski definition) is 0. The fraction of sp³-hybridized carbons (Fsp3) is 0.440. The van der Waals surface area contributed by atoms with Crippen LogP contribution in [0.3, 0.4) is 0 Å². The molecule has 0 radical (unpaired) electrons. The van der Waals surface area contributed by atoms with Gasteiger partial charge in [-0.1, -0.05) is 113 Å². The van der Waals surface area contributed by atoms with E-state index in [-0.39, 0.29) is 0 Å². The molecular weight excluding hydrogens is 342 g/mol. The van der Waals surface area contributed by atoms with Crippen molar-refractivity contribution in [2.75, 3.05) is 0 Å². The van der Waals surface area contributed by atoms with Gasteiger partial charge in [0.05, 0.1) is 6.04 Å². The summed E-state index contributed by atoms with van der Waals surface area (Å²) in [4.78, 5) is 2.59. The average molecular weight is 378 g/mol. The van der Waals surface area contributed by atoms with Crippen LogP contribution in [0.1, 0.15) is 37.8 Å². The van der Waals surface area contributed by atoms with Crippen molar-refractivity contribution in [3.05, 3.63) is 71.8 Å². The molecule has 2 rings (SSSR count). The summed E-state index contributed by atoms with van der Waals surface area (Å²) in [5.74, 6) is 4.34. The van der Waals surface area contributed by atoms with Gasteiger partial charge in [-0.3, -0.25) is 4.90 Å². The number of nitrogens with zero attached hydrogens (tertiary/aromatic N) is 1. The first-order valence-corrected chi connectivity index (χ1v) is 13.8. The number of benzene rings is 2. The maximum atomic E-state index is 3.74. The fourth-order valence-electron chi connectivity index (χ4n) is 3.42. The van der Waals surface area contributed by atoms with Gasteiger partial charge in [0.2, 0.25) is 0 Å². The molecular formula is C25H35NSi. The van der Waals surface area contributed by atoms with E-state index < -0.39 is 8.07 Å². The summed E-state index contributed by atoms with van der Waals surface area (Å²) in [5, 5.41) is 0. The Morgan fingerprint density at radius 3 is 1.59 bits per heavy atom. The minimum Gasteiger partial charge on any atom is -0.281 e. The largest absolute Gasteiger partial charge is 0.281 e. The fourth-order valence-corrected chi connectivity index (χ4v) is 4.00. The molecule has 0 aliphatic heterocycles. The van der Waals surface area contributed by atoms with Gasteiger partial charge in [0, 0.05) is 13.1 Å². The molecule has 0 aromatic heterocycles. The lowest BCUT2D eigenvalue weighted by molar-refractivity contribution is 0.159. The molecule has 0 heterocycles. The van der Waals surface area contributed by atoms with Crippen LogP contribution < -0.4 is 0 Å². The van der Waals surface area contributed by atoms with Crippen molar-refractivity contribution in [1.82, 2.24) is 4.90 Å². The monoisotopic (exact) mass is 377 g/mol. The zero-order chi connectivity index (χ0) is 19.7. The highest BCUT2D eigenvalue weighted by atomic mass is 28.3. The van der Waals surface area contributed by atoms with Gasteiger partial charge in [-0.2, -0.15) is 0 Å². The van der Waals surface area contributed by atoms with Crippen LogP contribution >= 0.6 is 0 Å². The molecule has 0 saturated heterocycles. The minimum absolute atomic E-state index is 0.298. The molecule has 0 fully saturated rings. The SMILES string of the molecule is CCC(CC)[C@@H](C#C[Si](C)(C)C)N(Cc1ccccc1)Cc1ccccc1. The maximum absolute atomic E-state index is 3.74. The third kappa shape index (κ3) is 7.37. The van der Waals surface area contributed by atoms with E-state index in [1.54, 1.807) is 0 Å². The van der Waals surface area contributed by atoms with E-state index >= 15 is 0 Å². The Morgan fingerprint density at radius 2 is 1.22 bits per heavy atom. The lowest BCUT2D eigenvalue weighted by atomic mass is 9.92. The molecule has 0 aliphatic carbocycles. The second-order valence-corrected chi connectivity index (χ2v) is 13.2. The molecule has 2 aromatic rings. The number of hydrogen-bond acceptors (Lipinski definition) is 1. The molecule has 0 saturated carbocycles. The van der Waals surface area contributed by atoms with Crippen molar-refractivity contribution in [3.63, 3.8) is 0 Å². The third-order valence-electron chi connectivity index (χ3n) is 4.94. The molecule has 0 N–H and O–H groups in total. The Hall–Kier alpha value is -1.82. The van der Waals surface area contributed by atoms with E-state index in [1.807, 2.05) is 0 Å². The zero-order valence-electron chi connectivity index (χ0n) is 17.7. The van der Waals surface area contributed by atoms with Crippen molar-refractivity contribution < 1.29 is 0 Å². The summed E-state index contributed by atoms with van der Waals surface area (Å²) in [5.41, 5.74) is 6.39. The van der Waals surface area contributed by atoms with Crippen LogP contribution in [0.5, 0.6) is 0 Å². The summed E-state index contributed by atoms with van der Waals surface area (Å²) < 4.78 is 0. The highest BCUT2D eigenvalue weighted by Crippen LogP contribution is 2.23. The molecule has 0 spiro atoms. The van der Waals surface area contributed by atoms with Crippen molar-refractivity contribution in [2.24, 2.45) is 5.92 Å². The molecule has 1 nitrogen and oxygen atoms in total. The van der Waals surface area contributed by atoms with Gasteiger partial charge in [-0.05, 0) is 17.0 Å². The first kappa shape index (κ1) is 21.5. The second-order valence-electron chi connectivity index (χ2n) is 8.42. The van der Waals surface area contributed by atoms with Gasteiger partial charge >= 0.3 is 0 Å². The average Bonchev–Trinajstić information content (AvgIpc) is 2.65. The molecule has 0 aliphatic rings. The Balaban J connectivity index is 2.38. The van der Waals surface area contributed by atoms with Crippen LogP contribution in [-0.4, -0.2) is 19.0 Å². The van der Waals surface area contributed by atoms with E-state index in [9.17, 15) is 0 Å². The van der Waals surface area contributed by atoms with Crippen molar-refractivity contribution in [1.29, 1.82) is 0 Å². The highest BCUT2D eigenvalue weighted by molar-refractivity contribution is 6.83. The molecule has 27 heavy (non-hydrogen) atoms. The summed E-state index contributed by atoms with van der Waals surface area (Å²) in [6.07, 6.45) is 2.34. The van der Waals surface area contributed by atoms with Crippen molar-refractivity contribution in [3.8, 4) is 11.5 Å². The molecule has 0 bridgehead atoms. The van der Waals surface area contributed by atoms with Crippen LogP contribution in [0.2, 0.25) is 19.6 Å². The van der Waals surface area contributed by atoms with Gasteiger partial charge in [0.25, 0.3) is 0 Å². The van der Waals surface area contributed by atoms with E-state index in [2.05, 4.69) is 111 Å². The first-order valence-electron chi connectivity index (χ1n) is 10.3. The molecule has 2 aromatic carbocycles. The van der Waals surface area contributed by atoms with E-state index in [0.717, 1.165) is 13.1 Å². The molecule has 0 amide bonds. The van der Waals surface area contributed by atoms with Gasteiger partial charge in [-0.15, -0.1) is 5.54 Å². The number of rotatable bonds is 8. The molecule has 1 atom stereocenters. The van der Waals surface area contributed by atoms with Crippen LogP contribution in [0.25, 0.3) is 0 Å².